The number of nitrogens with zero attached hydrogens (tertiary/aromatic N) is 3. The molecule has 4 rings (SSSR count). The van der Waals surface area contributed by atoms with Crippen molar-refractivity contribution in [3.8, 4) is 11.5 Å². The van der Waals surface area contributed by atoms with E-state index in [-0.39, 0.29) is 18.0 Å². The quantitative estimate of drug-likeness (QED) is 0.629. The molecule has 8 heteroatoms. The van der Waals surface area contributed by atoms with Crippen LogP contribution in [0.2, 0.25) is 0 Å². The van der Waals surface area contributed by atoms with Gasteiger partial charge in [0, 0.05) is 18.3 Å². The number of aromatic nitrogens is 2. The number of para-hydroxylation sites is 1. The molecule has 0 saturated carbocycles. The Morgan fingerprint density at radius 1 is 1.19 bits per heavy atom. The number of H-pyrrole nitrogens is 1. The van der Waals surface area contributed by atoms with Crippen molar-refractivity contribution in [2.75, 3.05) is 38.8 Å². The maximum atomic E-state index is 13.0. The number of hydrogen-bond acceptors (Lipinski definition) is 6. The molecule has 0 aliphatic carbocycles. The number of nitrogens with one attached hydrogen (secondary N) is 1. The predicted molar refractivity (Wildman–Crippen MR) is 119 cm³/mol. The highest BCUT2D eigenvalue weighted by Gasteiger charge is 2.25. The van der Waals surface area contributed by atoms with Crippen molar-refractivity contribution in [1.29, 1.82) is 0 Å². The van der Waals surface area contributed by atoms with Crippen LogP contribution in [0.1, 0.15) is 18.3 Å². The lowest BCUT2D eigenvalue weighted by Crippen LogP contribution is -2.39. The molecule has 1 amide bonds. The van der Waals surface area contributed by atoms with Gasteiger partial charge in [-0.05, 0) is 30.7 Å². The van der Waals surface area contributed by atoms with Gasteiger partial charge in [-0.2, -0.15) is 0 Å². The van der Waals surface area contributed by atoms with Crippen molar-refractivity contribution >= 4 is 22.5 Å². The number of rotatable bonds is 7. The number of methoxy groups -OCH3 is 2. The molecule has 1 aromatic heterocycles. The minimum atomic E-state index is -0.253. The molecular formula is C23H26N4O4. The van der Waals surface area contributed by atoms with Crippen molar-refractivity contribution in [2.45, 2.75) is 19.9 Å². The van der Waals surface area contributed by atoms with E-state index in [2.05, 4.69) is 16.0 Å². The Morgan fingerprint density at radius 2 is 1.94 bits per heavy atom. The molecule has 31 heavy (non-hydrogen) atoms. The van der Waals surface area contributed by atoms with Gasteiger partial charge >= 0.3 is 0 Å². The number of hydrogen-bond donors (Lipinski definition) is 1. The summed E-state index contributed by atoms with van der Waals surface area (Å²) in [6.07, 6.45) is 0.874. The molecule has 0 unspecified atom stereocenters. The van der Waals surface area contributed by atoms with Crippen LogP contribution in [0.3, 0.4) is 0 Å². The standard InChI is InChI=1S/C23H26N4O4/c1-4-26(14-22(28)27-10-9-15-7-5-6-8-18(15)27)13-21-24-17-12-20(31-3)19(30-2)11-16(17)23(29)25-21/h5-8,11-12H,4,9-10,13-14H2,1-3H3,(H,24,25,29). The first-order valence-corrected chi connectivity index (χ1v) is 10.3. The summed E-state index contributed by atoms with van der Waals surface area (Å²) in [6, 6.07) is 11.3. The molecule has 1 aliphatic heterocycles. The van der Waals surface area contributed by atoms with Gasteiger partial charge in [-0.3, -0.25) is 14.5 Å². The first kappa shape index (κ1) is 20.9. The van der Waals surface area contributed by atoms with Gasteiger partial charge in [0.2, 0.25) is 5.91 Å². The number of carbonyl (C=O) groups excluding carboxylic acids is 1. The Balaban J connectivity index is 1.54. The Hall–Kier alpha value is -3.39. The van der Waals surface area contributed by atoms with Crippen LogP contribution in [0, 0.1) is 0 Å². The summed E-state index contributed by atoms with van der Waals surface area (Å²) in [4.78, 5) is 36.8. The second-order valence-electron chi connectivity index (χ2n) is 7.46. The number of aromatic amines is 1. The van der Waals surface area contributed by atoms with Crippen LogP contribution in [0.15, 0.2) is 41.2 Å². The zero-order valence-corrected chi connectivity index (χ0v) is 18.0. The lowest BCUT2D eigenvalue weighted by molar-refractivity contribution is -0.119. The third-order valence-corrected chi connectivity index (χ3v) is 5.63. The molecule has 8 nitrogen and oxygen atoms in total. The fraction of sp³-hybridized carbons (Fsp3) is 0.348. The van der Waals surface area contributed by atoms with E-state index in [9.17, 15) is 9.59 Å². The van der Waals surface area contributed by atoms with Gasteiger partial charge in [0.25, 0.3) is 5.56 Å². The number of anilines is 1. The molecule has 1 N–H and O–H groups in total. The maximum Gasteiger partial charge on any atom is 0.258 e. The lowest BCUT2D eigenvalue weighted by atomic mass is 10.2. The molecule has 162 valence electrons. The van der Waals surface area contributed by atoms with E-state index in [4.69, 9.17) is 9.47 Å². The highest BCUT2D eigenvalue weighted by Crippen LogP contribution is 2.30. The van der Waals surface area contributed by atoms with Crippen LogP contribution >= 0.6 is 0 Å². The Kier molecular flexibility index (Phi) is 5.90. The summed E-state index contributed by atoms with van der Waals surface area (Å²) < 4.78 is 10.6. The minimum Gasteiger partial charge on any atom is -0.493 e. The molecule has 0 radical (unpaired) electrons. The zero-order chi connectivity index (χ0) is 22.0. The molecule has 1 aliphatic rings. The average Bonchev–Trinajstić information content (AvgIpc) is 3.22. The summed E-state index contributed by atoms with van der Waals surface area (Å²) >= 11 is 0. The Morgan fingerprint density at radius 3 is 2.68 bits per heavy atom. The highest BCUT2D eigenvalue weighted by molar-refractivity contribution is 5.96. The molecule has 0 atom stereocenters. The van der Waals surface area contributed by atoms with Gasteiger partial charge in [0.1, 0.15) is 5.82 Å². The first-order valence-electron chi connectivity index (χ1n) is 10.3. The normalized spacial score (nSPS) is 13.0. The van der Waals surface area contributed by atoms with E-state index in [0.29, 0.717) is 47.9 Å². The van der Waals surface area contributed by atoms with Gasteiger partial charge in [0.15, 0.2) is 11.5 Å². The predicted octanol–water partition coefficient (Wildman–Crippen LogP) is 2.35. The smallest absolute Gasteiger partial charge is 0.258 e. The fourth-order valence-electron chi connectivity index (χ4n) is 3.95. The molecular weight excluding hydrogens is 396 g/mol. The van der Waals surface area contributed by atoms with Gasteiger partial charge < -0.3 is 19.4 Å². The van der Waals surface area contributed by atoms with Crippen LogP contribution in [0.4, 0.5) is 5.69 Å². The van der Waals surface area contributed by atoms with Crippen LogP contribution in [-0.2, 0) is 17.8 Å². The second kappa shape index (κ2) is 8.77. The topological polar surface area (TPSA) is 87.8 Å². The maximum absolute atomic E-state index is 13.0. The van der Waals surface area contributed by atoms with Crippen molar-refractivity contribution in [1.82, 2.24) is 14.9 Å². The van der Waals surface area contributed by atoms with E-state index < -0.39 is 0 Å². The summed E-state index contributed by atoms with van der Waals surface area (Å²) in [5.41, 5.74) is 2.45. The Labute approximate surface area is 180 Å². The molecule has 2 heterocycles. The van der Waals surface area contributed by atoms with Crippen LogP contribution in [0.25, 0.3) is 10.9 Å². The van der Waals surface area contributed by atoms with Crippen molar-refractivity contribution in [2.24, 2.45) is 0 Å². The molecule has 0 saturated heterocycles. The van der Waals surface area contributed by atoms with Gasteiger partial charge in [0.05, 0.1) is 38.2 Å². The number of fused-ring (bicyclic) bond motifs is 2. The second-order valence-corrected chi connectivity index (χ2v) is 7.46. The van der Waals surface area contributed by atoms with Gasteiger partial charge in [-0.1, -0.05) is 25.1 Å². The van der Waals surface area contributed by atoms with Crippen LogP contribution in [-0.4, -0.2) is 54.6 Å². The summed E-state index contributed by atoms with van der Waals surface area (Å²) in [6.45, 7) is 3.94. The minimum absolute atomic E-state index is 0.0429. The molecule has 3 aromatic rings. The van der Waals surface area contributed by atoms with Crippen molar-refractivity contribution < 1.29 is 14.3 Å². The lowest BCUT2D eigenvalue weighted by Gasteiger charge is -2.24. The number of likely N-dealkylation sites (N-methyl/N-ethyl adjacent to an activating group) is 1. The SMILES string of the molecule is CCN(CC(=O)N1CCc2ccccc21)Cc1nc2cc(OC)c(OC)cc2c(=O)[nH]1. The largest absolute Gasteiger partial charge is 0.493 e. The fourth-order valence-corrected chi connectivity index (χ4v) is 3.95. The third kappa shape index (κ3) is 4.11. The van der Waals surface area contributed by atoms with Gasteiger partial charge in [-0.15, -0.1) is 0 Å². The van der Waals surface area contributed by atoms with Gasteiger partial charge in [-0.25, -0.2) is 4.98 Å². The number of amides is 1. The highest BCUT2D eigenvalue weighted by atomic mass is 16.5. The monoisotopic (exact) mass is 422 g/mol. The molecule has 0 fully saturated rings. The van der Waals surface area contributed by atoms with E-state index in [1.165, 1.54) is 12.7 Å². The molecule has 0 spiro atoms. The summed E-state index contributed by atoms with van der Waals surface area (Å²) in [5.74, 6) is 1.53. The van der Waals surface area contributed by atoms with E-state index >= 15 is 0 Å². The molecule has 0 bridgehead atoms. The first-order chi connectivity index (χ1) is 15.0. The van der Waals surface area contributed by atoms with Crippen molar-refractivity contribution in [3.63, 3.8) is 0 Å². The zero-order valence-electron chi connectivity index (χ0n) is 18.0. The van der Waals surface area contributed by atoms with E-state index in [0.717, 1.165) is 12.1 Å². The molecule has 2 aromatic carbocycles. The number of ether oxygens (including phenoxy) is 2. The van der Waals surface area contributed by atoms with Crippen LogP contribution < -0.4 is 19.9 Å². The van der Waals surface area contributed by atoms with Crippen LogP contribution in [0.5, 0.6) is 11.5 Å². The van der Waals surface area contributed by atoms with Crippen molar-refractivity contribution in [3.05, 3.63) is 58.1 Å². The summed E-state index contributed by atoms with van der Waals surface area (Å²) in [7, 11) is 3.06. The van der Waals surface area contributed by atoms with E-state index in [1.54, 1.807) is 19.2 Å². The Bertz CT molecular complexity index is 1170. The van der Waals surface area contributed by atoms with E-state index in [1.807, 2.05) is 34.9 Å². The number of carbonyl (C=O) groups is 1. The number of benzene rings is 2. The summed E-state index contributed by atoms with van der Waals surface area (Å²) in [5, 5.41) is 0.425. The average molecular weight is 422 g/mol. The third-order valence-electron chi connectivity index (χ3n) is 5.63.